The quantitative estimate of drug-likeness (QED) is 0.323. The van der Waals surface area contributed by atoms with Gasteiger partial charge < -0.3 is 20.0 Å². The van der Waals surface area contributed by atoms with Crippen LogP contribution in [-0.2, 0) is 6.42 Å². The SMILES string of the molecule is CN=C(NCCc1cccc(C(=O)N(C)C)c1)NCC(c1ccco1)N(C)C.I. The first kappa shape index (κ1) is 25.0. The largest absolute Gasteiger partial charge is 0.468 e. The Morgan fingerprint density at radius 1 is 1.14 bits per heavy atom. The molecular formula is C21H32IN5O2. The maximum Gasteiger partial charge on any atom is 0.253 e. The van der Waals surface area contributed by atoms with Crippen molar-refractivity contribution in [3.63, 3.8) is 0 Å². The van der Waals surface area contributed by atoms with Gasteiger partial charge in [0.15, 0.2) is 5.96 Å². The van der Waals surface area contributed by atoms with Gasteiger partial charge in [-0.2, -0.15) is 0 Å². The fraction of sp³-hybridized carbons (Fsp3) is 0.429. The molecule has 0 aliphatic carbocycles. The number of likely N-dealkylation sites (N-methyl/N-ethyl adjacent to an activating group) is 1. The average Bonchev–Trinajstić information content (AvgIpc) is 3.20. The van der Waals surface area contributed by atoms with E-state index >= 15 is 0 Å². The fourth-order valence-corrected chi connectivity index (χ4v) is 2.88. The standard InChI is InChI=1S/C21H31N5O2.HI/c1-22-21(24-15-18(25(2)3)19-10-7-13-28-19)23-12-11-16-8-6-9-17(14-16)20(27)26(4)5;/h6-10,13-14,18H,11-12,15H2,1-5H3,(H2,22,23,24);1H. The minimum atomic E-state index is 0. The minimum Gasteiger partial charge on any atom is -0.468 e. The number of carbonyl (C=O) groups is 1. The van der Waals surface area contributed by atoms with E-state index in [4.69, 9.17) is 4.42 Å². The van der Waals surface area contributed by atoms with Crippen molar-refractivity contribution in [2.45, 2.75) is 12.5 Å². The van der Waals surface area contributed by atoms with Crippen LogP contribution in [0.4, 0.5) is 0 Å². The van der Waals surface area contributed by atoms with E-state index < -0.39 is 0 Å². The third kappa shape index (κ3) is 7.69. The normalized spacial score (nSPS) is 12.3. The van der Waals surface area contributed by atoms with Crippen molar-refractivity contribution in [2.75, 3.05) is 48.3 Å². The molecule has 2 rings (SSSR count). The number of hydrogen-bond acceptors (Lipinski definition) is 4. The van der Waals surface area contributed by atoms with Gasteiger partial charge in [-0.1, -0.05) is 12.1 Å². The van der Waals surface area contributed by atoms with Crippen molar-refractivity contribution in [3.8, 4) is 0 Å². The van der Waals surface area contributed by atoms with Crippen molar-refractivity contribution >= 4 is 35.8 Å². The number of rotatable bonds is 8. The zero-order valence-corrected chi connectivity index (χ0v) is 20.1. The van der Waals surface area contributed by atoms with E-state index in [1.807, 2.05) is 50.5 Å². The predicted molar refractivity (Wildman–Crippen MR) is 128 cm³/mol. The summed E-state index contributed by atoms with van der Waals surface area (Å²) in [5.41, 5.74) is 1.81. The monoisotopic (exact) mass is 513 g/mol. The summed E-state index contributed by atoms with van der Waals surface area (Å²) in [6.45, 7) is 1.39. The number of amides is 1. The number of halogens is 1. The summed E-state index contributed by atoms with van der Waals surface area (Å²) in [5.74, 6) is 1.66. The maximum atomic E-state index is 12.1. The molecule has 1 atom stereocenters. The van der Waals surface area contributed by atoms with Crippen LogP contribution in [-0.4, -0.2) is 70.0 Å². The van der Waals surface area contributed by atoms with Gasteiger partial charge in [-0.3, -0.25) is 14.7 Å². The number of nitrogens with one attached hydrogen (secondary N) is 2. The zero-order valence-electron chi connectivity index (χ0n) is 17.8. The van der Waals surface area contributed by atoms with Crippen LogP contribution in [0.3, 0.4) is 0 Å². The molecule has 0 aliphatic rings. The summed E-state index contributed by atoms with van der Waals surface area (Å²) in [7, 11) is 9.31. The molecule has 1 amide bonds. The van der Waals surface area contributed by atoms with Gasteiger partial charge in [0.2, 0.25) is 0 Å². The van der Waals surface area contributed by atoms with Gasteiger partial charge in [-0.05, 0) is 50.3 Å². The molecule has 0 spiro atoms. The molecule has 1 unspecified atom stereocenters. The summed E-state index contributed by atoms with van der Waals surface area (Å²) in [5, 5.41) is 6.67. The molecule has 0 saturated carbocycles. The molecule has 29 heavy (non-hydrogen) atoms. The fourth-order valence-electron chi connectivity index (χ4n) is 2.88. The average molecular weight is 513 g/mol. The molecule has 160 valence electrons. The van der Waals surface area contributed by atoms with Crippen LogP contribution in [0.2, 0.25) is 0 Å². The molecule has 1 aromatic heterocycles. The number of hydrogen-bond donors (Lipinski definition) is 2. The molecule has 1 aromatic carbocycles. The zero-order chi connectivity index (χ0) is 20.5. The second-order valence-corrected chi connectivity index (χ2v) is 7.02. The third-order valence-corrected chi connectivity index (χ3v) is 4.47. The van der Waals surface area contributed by atoms with Gasteiger partial charge in [0.1, 0.15) is 5.76 Å². The van der Waals surface area contributed by atoms with Crippen molar-refractivity contribution in [3.05, 3.63) is 59.5 Å². The van der Waals surface area contributed by atoms with Crippen molar-refractivity contribution in [2.24, 2.45) is 4.99 Å². The molecular weight excluding hydrogens is 481 g/mol. The summed E-state index contributed by atoms with van der Waals surface area (Å²) >= 11 is 0. The van der Waals surface area contributed by atoms with E-state index in [0.717, 1.165) is 23.7 Å². The minimum absolute atomic E-state index is 0. The summed E-state index contributed by atoms with van der Waals surface area (Å²) < 4.78 is 5.54. The van der Waals surface area contributed by atoms with Crippen molar-refractivity contribution in [1.29, 1.82) is 0 Å². The Morgan fingerprint density at radius 2 is 1.90 bits per heavy atom. The highest BCUT2D eigenvalue weighted by molar-refractivity contribution is 14.0. The van der Waals surface area contributed by atoms with Crippen LogP contribution < -0.4 is 10.6 Å². The highest BCUT2D eigenvalue weighted by atomic mass is 127. The van der Waals surface area contributed by atoms with E-state index in [2.05, 4.69) is 20.5 Å². The van der Waals surface area contributed by atoms with E-state index in [1.165, 1.54) is 0 Å². The number of furan rings is 1. The van der Waals surface area contributed by atoms with Gasteiger partial charge >= 0.3 is 0 Å². The molecule has 0 aliphatic heterocycles. The molecule has 0 bridgehead atoms. The lowest BCUT2D eigenvalue weighted by Gasteiger charge is -2.23. The van der Waals surface area contributed by atoms with Gasteiger partial charge in [-0.25, -0.2) is 0 Å². The lowest BCUT2D eigenvalue weighted by molar-refractivity contribution is 0.0827. The van der Waals surface area contributed by atoms with Crippen LogP contribution in [0.15, 0.2) is 52.1 Å². The van der Waals surface area contributed by atoms with Crippen molar-refractivity contribution in [1.82, 2.24) is 20.4 Å². The molecule has 1 heterocycles. The first-order valence-electron chi connectivity index (χ1n) is 9.37. The van der Waals surface area contributed by atoms with Crippen LogP contribution in [0.25, 0.3) is 0 Å². The maximum absolute atomic E-state index is 12.1. The number of aliphatic imine (C=N–C) groups is 1. The second-order valence-electron chi connectivity index (χ2n) is 7.02. The van der Waals surface area contributed by atoms with Crippen LogP contribution >= 0.6 is 24.0 Å². The third-order valence-electron chi connectivity index (χ3n) is 4.47. The Kier molecular flexibility index (Phi) is 10.7. The summed E-state index contributed by atoms with van der Waals surface area (Å²) in [6.07, 6.45) is 2.48. The molecule has 2 aromatic rings. The summed E-state index contributed by atoms with van der Waals surface area (Å²) in [6, 6.07) is 11.7. The van der Waals surface area contributed by atoms with E-state index in [9.17, 15) is 4.79 Å². The van der Waals surface area contributed by atoms with Crippen LogP contribution in [0, 0.1) is 0 Å². The molecule has 0 fully saturated rings. The Labute approximate surface area is 190 Å². The van der Waals surface area contributed by atoms with Gasteiger partial charge in [-0.15, -0.1) is 24.0 Å². The first-order valence-corrected chi connectivity index (χ1v) is 9.37. The van der Waals surface area contributed by atoms with E-state index in [0.29, 0.717) is 18.7 Å². The Balaban J connectivity index is 0.00000420. The highest BCUT2D eigenvalue weighted by Crippen LogP contribution is 2.17. The van der Waals surface area contributed by atoms with E-state index in [-0.39, 0.29) is 35.9 Å². The van der Waals surface area contributed by atoms with Crippen LogP contribution in [0.5, 0.6) is 0 Å². The number of nitrogens with zero attached hydrogens (tertiary/aromatic N) is 3. The Morgan fingerprint density at radius 3 is 2.48 bits per heavy atom. The van der Waals surface area contributed by atoms with Crippen LogP contribution in [0.1, 0.15) is 27.7 Å². The lowest BCUT2D eigenvalue weighted by atomic mass is 10.1. The van der Waals surface area contributed by atoms with Crippen molar-refractivity contribution < 1.29 is 9.21 Å². The second kappa shape index (κ2) is 12.5. The first-order chi connectivity index (χ1) is 13.4. The van der Waals surface area contributed by atoms with Gasteiger partial charge in [0, 0.05) is 39.8 Å². The highest BCUT2D eigenvalue weighted by Gasteiger charge is 2.17. The number of guanidine groups is 1. The predicted octanol–water partition coefficient (Wildman–Crippen LogP) is 2.61. The molecule has 7 nitrogen and oxygen atoms in total. The van der Waals surface area contributed by atoms with Gasteiger partial charge in [0.25, 0.3) is 5.91 Å². The van der Waals surface area contributed by atoms with E-state index in [1.54, 1.807) is 32.3 Å². The Bertz CT molecular complexity index is 775. The molecule has 0 radical (unpaired) electrons. The number of carbonyl (C=O) groups excluding carboxylic acids is 1. The molecule has 2 N–H and O–H groups in total. The topological polar surface area (TPSA) is 73.1 Å². The lowest BCUT2D eigenvalue weighted by Crippen LogP contribution is -2.42. The van der Waals surface area contributed by atoms with Gasteiger partial charge in [0.05, 0.1) is 12.3 Å². The summed E-state index contributed by atoms with van der Waals surface area (Å²) in [4.78, 5) is 20.1. The molecule has 8 heteroatoms. The smallest absolute Gasteiger partial charge is 0.253 e. The Hall–Kier alpha value is -2.07. The molecule has 0 saturated heterocycles. The number of benzene rings is 1.